The first-order chi connectivity index (χ1) is 9.02. The van der Waals surface area contributed by atoms with E-state index in [-0.39, 0.29) is 0 Å². The molecule has 0 amide bonds. The van der Waals surface area contributed by atoms with Crippen LogP contribution in [0.2, 0.25) is 0 Å². The third kappa shape index (κ3) is 6.08. The Hall–Kier alpha value is -1.06. The van der Waals surface area contributed by atoms with E-state index in [1.165, 1.54) is 5.56 Å². The standard InChI is InChI=1S/C16H28N2O/c1-13(2)10-17-11-14(3)18(4)12-15-7-6-8-16(9-15)19-5/h6-9,13-14,17H,10-12H2,1-5H3. The maximum absolute atomic E-state index is 5.26. The molecule has 1 atom stereocenters. The summed E-state index contributed by atoms with van der Waals surface area (Å²) < 4.78 is 5.26. The van der Waals surface area contributed by atoms with Crippen molar-refractivity contribution in [1.82, 2.24) is 10.2 Å². The highest BCUT2D eigenvalue weighted by molar-refractivity contribution is 5.28. The molecule has 0 radical (unpaired) electrons. The minimum atomic E-state index is 0.518. The van der Waals surface area contributed by atoms with E-state index < -0.39 is 0 Å². The lowest BCUT2D eigenvalue weighted by Crippen LogP contribution is -2.38. The van der Waals surface area contributed by atoms with Gasteiger partial charge in [-0.3, -0.25) is 4.90 Å². The molecule has 1 rings (SSSR count). The van der Waals surface area contributed by atoms with Gasteiger partial charge < -0.3 is 10.1 Å². The molecule has 0 saturated heterocycles. The van der Waals surface area contributed by atoms with E-state index in [1.54, 1.807) is 7.11 Å². The molecule has 0 bridgehead atoms. The summed E-state index contributed by atoms with van der Waals surface area (Å²) in [5.74, 6) is 1.63. The number of ether oxygens (including phenoxy) is 1. The second-order valence-electron chi connectivity index (χ2n) is 5.67. The molecule has 3 nitrogen and oxygen atoms in total. The van der Waals surface area contributed by atoms with Crippen molar-refractivity contribution in [3.05, 3.63) is 29.8 Å². The maximum atomic E-state index is 5.26. The van der Waals surface area contributed by atoms with Crippen molar-refractivity contribution >= 4 is 0 Å². The van der Waals surface area contributed by atoms with Crippen LogP contribution in [-0.2, 0) is 6.54 Å². The largest absolute Gasteiger partial charge is 0.497 e. The van der Waals surface area contributed by atoms with Gasteiger partial charge in [0.05, 0.1) is 7.11 Å². The summed E-state index contributed by atoms with van der Waals surface area (Å²) in [5, 5.41) is 3.51. The number of nitrogens with zero attached hydrogens (tertiary/aromatic N) is 1. The Morgan fingerprint density at radius 2 is 1.95 bits per heavy atom. The van der Waals surface area contributed by atoms with Gasteiger partial charge in [0.25, 0.3) is 0 Å². The highest BCUT2D eigenvalue weighted by Crippen LogP contribution is 2.14. The van der Waals surface area contributed by atoms with Gasteiger partial charge in [-0.2, -0.15) is 0 Å². The van der Waals surface area contributed by atoms with Crippen molar-refractivity contribution < 1.29 is 4.74 Å². The van der Waals surface area contributed by atoms with E-state index in [9.17, 15) is 0 Å². The lowest BCUT2D eigenvalue weighted by Gasteiger charge is -2.25. The number of benzene rings is 1. The van der Waals surface area contributed by atoms with Crippen LogP contribution in [0, 0.1) is 5.92 Å². The minimum Gasteiger partial charge on any atom is -0.497 e. The molecule has 0 aliphatic carbocycles. The number of nitrogens with one attached hydrogen (secondary N) is 1. The minimum absolute atomic E-state index is 0.518. The Balaban J connectivity index is 2.42. The predicted molar refractivity (Wildman–Crippen MR) is 81.6 cm³/mol. The molecule has 1 aromatic rings. The Morgan fingerprint density at radius 3 is 2.58 bits per heavy atom. The lowest BCUT2D eigenvalue weighted by atomic mass is 10.1. The summed E-state index contributed by atoms with van der Waals surface area (Å²) in [6.45, 7) is 9.78. The quantitative estimate of drug-likeness (QED) is 0.781. The van der Waals surface area contributed by atoms with Gasteiger partial charge in [0.2, 0.25) is 0 Å². The molecule has 1 N–H and O–H groups in total. The second kappa shape index (κ2) is 8.18. The number of hydrogen-bond acceptors (Lipinski definition) is 3. The van der Waals surface area contributed by atoms with Crippen molar-refractivity contribution in [2.75, 3.05) is 27.2 Å². The zero-order valence-electron chi connectivity index (χ0n) is 12.9. The average Bonchev–Trinajstić information content (AvgIpc) is 2.38. The van der Waals surface area contributed by atoms with Gasteiger partial charge >= 0.3 is 0 Å². The molecule has 0 saturated carbocycles. The Kier molecular flexibility index (Phi) is 6.89. The van der Waals surface area contributed by atoms with Crippen LogP contribution in [0.15, 0.2) is 24.3 Å². The van der Waals surface area contributed by atoms with Crippen molar-refractivity contribution in [3.63, 3.8) is 0 Å². The highest BCUT2D eigenvalue weighted by Gasteiger charge is 2.09. The molecule has 0 aromatic heterocycles. The van der Waals surface area contributed by atoms with Gasteiger partial charge in [-0.05, 0) is 44.1 Å². The van der Waals surface area contributed by atoms with Crippen LogP contribution < -0.4 is 10.1 Å². The van der Waals surface area contributed by atoms with E-state index in [2.05, 4.69) is 50.2 Å². The van der Waals surface area contributed by atoms with Crippen LogP contribution in [0.3, 0.4) is 0 Å². The van der Waals surface area contributed by atoms with Gasteiger partial charge in [-0.15, -0.1) is 0 Å². The average molecular weight is 264 g/mol. The van der Waals surface area contributed by atoms with E-state index in [0.29, 0.717) is 12.0 Å². The molecule has 0 aliphatic rings. The summed E-state index contributed by atoms with van der Waals surface area (Å²) in [6.07, 6.45) is 0. The fraction of sp³-hybridized carbons (Fsp3) is 0.625. The Bertz CT molecular complexity index is 366. The van der Waals surface area contributed by atoms with Gasteiger partial charge in [-0.1, -0.05) is 26.0 Å². The smallest absolute Gasteiger partial charge is 0.119 e. The molecule has 108 valence electrons. The van der Waals surface area contributed by atoms with E-state index in [0.717, 1.165) is 25.4 Å². The summed E-state index contributed by atoms with van der Waals surface area (Å²) >= 11 is 0. The Morgan fingerprint density at radius 1 is 1.21 bits per heavy atom. The zero-order valence-corrected chi connectivity index (χ0v) is 12.9. The van der Waals surface area contributed by atoms with E-state index >= 15 is 0 Å². The monoisotopic (exact) mass is 264 g/mol. The van der Waals surface area contributed by atoms with E-state index in [4.69, 9.17) is 4.74 Å². The molecule has 0 heterocycles. The molecule has 0 spiro atoms. The summed E-state index contributed by atoms with van der Waals surface area (Å²) in [5.41, 5.74) is 1.29. The summed E-state index contributed by atoms with van der Waals surface area (Å²) in [6, 6.07) is 8.80. The fourth-order valence-electron chi connectivity index (χ4n) is 1.95. The first-order valence-corrected chi connectivity index (χ1v) is 7.06. The number of rotatable bonds is 8. The highest BCUT2D eigenvalue weighted by atomic mass is 16.5. The molecule has 1 unspecified atom stereocenters. The number of hydrogen-bond donors (Lipinski definition) is 1. The fourth-order valence-corrected chi connectivity index (χ4v) is 1.95. The van der Waals surface area contributed by atoms with E-state index in [1.807, 2.05) is 12.1 Å². The first-order valence-electron chi connectivity index (χ1n) is 7.06. The Labute approximate surface area is 118 Å². The predicted octanol–water partition coefficient (Wildman–Crippen LogP) is 2.76. The summed E-state index contributed by atoms with van der Waals surface area (Å²) in [7, 11) is 3.88. The summed E-state index contributed by atoms with van der Waals surface area (Å²) in [4.78, 5) is 2.36. The van der Waals surface area contributed by atoms with Crippen molar-refractivity contribution in [3.8, 4) is 5.75 Å². The van der Waals surface area contributed by atoms with Gasteiger partial charge in [0.15, 0.2) is 0 Å². The topological polar surface area (TPSA) is 24.5 Å². The molecular weight excluding hydrogens is 236 g/mol. The molecule has 0 aliphatic heterocycles. The molecule has 0 fully saturated rings. The third-order valence-electron chi connectivity index (χ3n) is 3.31. The van der Waals surface area contributed by atoms with Crippen LogP contribution in [0.4, 0.5) is 0 Å². The second-order valence-corrected chi connectivity index (χ2v) is 5.67. The van der Waals surface area contributed by atoms with Crippen LogP contribution >= 0.6 is 0 Å². The first kappa shape index (κ1) is 16.0. The van der Waals surface area contributed by atoms with Gasteiger partial charge in [-0.25, -0.2) is 0 Å². The van der Waals surface area contributed by atoms with Crippen LogP contribution in [0.25, 0.3) is 0 Å². The molecule has 19 heavy (non-hydrogen) atoms. The van der Waals surface area contributed by atoms with Crippen molar-refractivity contribution in [1.29, 1.82) is 0 Å². The maximum Gasteiger partial charge on any atom is 0.119 e. The van der Waals surface area contributed by atoms with Crippen LogP contribution in [0.1, 0.15) is 26.3 Å². The third-order valence-corrected chi connectivity index (χ3v) is 3.31. The molecular formula is C16H28N2O. The van der Waals surface area contributed by atoms with Crippen molar-refractivity contribution in [2.24, 2.45) is 5.92 Å². The molecule has 3 heteroatoms. The zero-order chi connectivity index (χ0) is 14.3. The lowest BCUT2D eigenvalue weighted by molar-refractivity contribution is 0.241. The number of likely N-dealkylation sites (N-methyl/N-ethyl adjacent to an activating group) is 1. The number of methoxy groups -OCH3 is 1. The van der Waals surface area contributed by atoms with Crippen molar-refractivity contribution in [2.45, 2.75) is 33.4 Å². The van der Waals surface area contributed by atoms with Gasteiger partial charge in [0.1, 0.15) is 5.75 Å². The SMILES string of the molecule is COc1cccc(CN(C)C(C)CNCC(C)C)c1. The van der Waals surface area contributed by atoms with Crippen LogP contribution in [0.5, 0.6) is 5.75 Å². The normalized spacial score (nSPS) is 13.0. The molecule has 1 aromatic carbocycles. The van der Waals surface area contributed by atoms with Gasteiger partial charge in [0, 0.05) is 19.1 Å². The van der Waals surface area contributed by atoms with Crippen LogP contribution in [-0.4, -0.2) is 38.2 Å².